The van der Waals surface area contributed by atoms with Crippen molar-refractivity contribution in [3.8, 4) is 6.07 Å². The van der Waals surface area contributed by atoms with Crippen LogP contribution in [-0.4, -0.2) is 24.1 Å². The maximum atomic E-state index is 9.00. The number of nitrogens with zero attached hydrogens (tertiary/aromatic N) is 2. The Bertz CT molecular complexity index is 978. The molecule has 0 bridgehead atoms. The van der Waals surface area contributed by atoms with Crippen LogP contribution < -0.4 is 16.0 Å². The van der Waals surface area contributed by atoms with Gasteiger partial charge in [-0.15, -0.1) is 0 Å². The number of benzene rings is 2. The van der Waals surface area contributed by atoms with Crippen LogP contribution in [0, 0.1) is 11.3 Å². The van der Waals surface area contributed by atoms with E-state index in [1.54, 1.807) is 0 Å². The van der Waals surface area contributed by atoms with Gasteiger partial charge in [0, 0.05) is 19.3 Å². The molecule has 0 unspecified atom stereocenters. The maximum Gasteiger partial charge on any atom is 0.149 e. The molecule has 1 aliphatic heterocycles. The van der Waals surface area contributed by atoms with E-state index < -0.39 is 0 Å². The van der Waals surface area contributed by atoms with Gasteiger partial charge in [-0.1, -0.05) is 49.4 Å². The third kappa shape index (κ3) is 4.39. The van der Waals surface area contributed by atoms with Crippen molar-refractivity contribution < 1.29 is 0 Å². The van der Waals surface area contributed by atoms with Gasteiger partial charge in [-0.2, -0.15) is 5.26 Å². The summed E-state index contributed by atoms with van der Waals surface area (Å²) in [4.78, 5) is 4.48. The topological polar surface area (TPSA) is 72.8 Å². The van der Waals surface area contributed by atoms with Crippen LogP contribution in [0.2, 0.25) is 0 Å². The number of hydrogen-bond donors (Lipinski definition) is 3. The second-order valence-corrected chi connectivity index (χ2v) is 7.46. The standard InChI is InChI=1S/C24H25N5/c1-17(19-11-9-18(14-25)10-12-19)15-28-23(20-6-3-2-4-7-20)22-16-27-21-8-5-13-26-24(21)29-22/h2-13,17,22-23,27-28H,15-16H2,1H3,(H,26,29)/t17-,22+,23-/m1/s1. The lowest BCUT2D eigenvalue weighted by molar-refractivity contribution is 0.453. The minimum absolute atomic E-state index is 0.139. The first-order valence-corrected chi connectivity index (χ1v) is 9.98. The molecule has 5 heteroatoms. The van der Waals surface area contributed by atoms with E-state index in [2.05, 4.69) is 58.2 Å². The van der Waals surface area contributed by atoms with Crippen LogP contribution in [0.3, 0.4) is 0 Å². The summed E-state index contributed by atoms with van der Waals surface area (Å²) in [5.41, 5.74) is 4.21. The van der Waals surface area contributed by atoms with Crippen molar-refractivity contribution in [2.45, 2.75) is 24.9 Å². The number of pyridine rings is 1. The molecule has 3 atom stereocenters. The Labute approximate surface area is 171 Å². The van der Waals surface area contributed by atoms with Gasteiger partial charge in [-0.25, -0.2) is 4.98 Å². The molecule has 0 fully saturated rings. The van der Waals surface area contributed by atoms with Crippen LogP contribution in [-0.2, 0) is 0 Å². The van der Waals surface area contributed by atoms with Crippen LogP contribution in [0.5, 0.6) is 0 Å². The van der Waals surface area contributed by atoms with Crippen LogP contribution in [0.4, 0.5) is 11.5 Å². The van der Waals surface area contributed by atoms with Crippen molar-refractivity contribution in [3.63, 3.8) is 0 Å². The van der Waals surface area contributed by atoms with Crippen molar-refractivity contribution in [2.75, 3.05) is 23.7 Å². The Morgan fingerprint density at radius 2 is 1.86 bits per heavy atom. The largest absolute Gasteiger partial charge is 0.380 e. The van der Waals surface area contributed by atoms with Gasteiger partial charge in [0.25, 0.3) is 0 Å². The van der Waals surface area contributed by atoms with Gasteiger partial charge >= 0.3 is 0 Å². The lowest BCUT2D eigenvalue weighted by Crippen LogP contribution is -2.45. The first kappa shape index (κ1) is 19.0. The van der Waals surface area contributed by atoms with E-state index in [0.717, 1.165) is 24.6 Å². The highest BCUT2D eigenvalue weighted by atomic mass is 15.2. The molecule has 0 saturated heterocycles. The summed E-state index contributed by atoms with van der Waals surface area (Å²) >= 11 is 0. The van der Waals surface area contributed by atoms with Crippen molar-refractivity contribution >= 4 is 11.5 Å². The molecule has 0 amide bonds. The number of nitrogens with one attached hydrogen (secondary N) is 3. The number of rotatable bonds is 6. The lowest BCUT2D eigenvalue weighted by atomic mass is 9.95. The van der Waals surface area contributed by atoms with Gasteiger partial charge in [0.05, 0.1) is 29.4 Å². The predicted molar refractivity (Wildman–Crippen MR) is 117 cm³/mol. The molecule has 0 spiro atoms. The van der Waals surface area contributed by atoms with E-state index in [9.17, 15) is 0 Å². The van der Waals surface area contributed by atoms with Crippen molar-refractivity contribution in [2.24, 2.45) is 0 Å². The normalized spacial score (nSPS) is 17.2. The smallest absolute Gasteiger partial charge is 0.149 e. The van der Waals surface area contributed by atoms with Crippen LogP contribution in [0.1, 0.15) is 35.6 Å². The van der Waals surface area contributed by atoms with Gasteiger partial charge in [0.1, 0.15) is 5.82 Å². The second-order valence-electron chi connectivity index (χ2n) is 7.46. The number of anilines is 2. The van der Waals surface area contributed by atoms with E-state index in [1.807, 2.05) is 48.7 Å². The molecule has 1 aliphatic rings. The number of fused-ring (bicyclic) bond motifs is 1. The molecule has 2 heterocycles. The molecule has 4 rings (SSSR count). The van der Waals surface area contributed by atoms with Crippen molar-refractivity contribution in [1.82, 2.24) is 10.3 Å². The molecule has 5 nitrogen and oxygen atoms in total. The SMILES string of the molecule is C[C@H](CN[C@H](c1ccccc1)[C@@H]1CNc2cccnc2N1)c1ccc(C#N)cc1. The lowest BCUT2D eigenvalue weighted by Gasteiger charge is -2.35. The molecule has 0 aliphatic carbocycles. The van der Waals surface area contributed by atoms with Crippen LogP contribution in [0.15, 0.2) is 72.9 Å². The fourth-order valence-corrected chi connectivity index (χ4v) is 3.77. The molecule has 2 aromatic carbocycles. The molecule has 29 heavy (non-hydrogen) atoms. The Kier molecular flexibility index (Phi) is 5.73. The van der Waals surface area contributed by atoms with E-state index >= 15 is 0 Å². The summed E-state index contributed by atoms with van der Waals surface area (Å²) in [6.45, 7) is 3.86. The summed E-state index contributed by atoms with van der Waals surface area (Å²) < 4.78 is 0. The van der Waals surface area contributed by atoms with Gasteiger partial charge in [-0.3, -0.25) is 0 Å². The molecular weight excluding hydrogens is 358 g/mol. The molecule has 3 aromatic rings. The maximum absolute atomic E-state index is 9.00. The van der Waals surface area contributed by atoms with Gasteiger partial charge in [-0.05, 0) is 41.3 Å². The average Bonchev–Trinajstić information content (AvgIpc) is 2.79. The molecule has 1 aromatic heterocycles. The Hall–Kier alpha value is -3.36. The van der Waals surface area contributed by atoms with E-state index in [0.29, 0.717) is 11.5 Å². The summed E-state index contributed by atoms with van der Waals surface area (Å²) in [6.07, 6.45) is 1.81. The first-order chi connectivity index (χ1) is 14.2. The van der Waals surface area contributed by atoms with Crippen molar-refractivity contribution in [3.05, 3.63) is 89.6 Å². The third-order valence-corrected chi connectivity index (χ3v) is 5.46. The Morgan fingerprint density at radius 1 is 1.07 bits per heavy atom. The number of nitriles is 1. The van der Waals surface area contributed by atoms with Gasteiger partial charge in [0.2, 0.25) is 0 Å². The molecule has 3 N–H and O–H groups in total. The van der Waals surface area contributed by atoms with E-state index in [1.165, 1.54) is 11.1 Å². The fraction of sp³-hybridized carbons (Fsp3) is 0.250. The Balaban J connectivity index is 1.50. The predicted octanol–water partition coefficient (Wildman–Crippen LogP) is 4.29. The minimum atomic E-state index is 0.139. The number of aromatic nitrogens is 1. The summed E-state index contributed by atoms with van der Waals surface area (Å²) in [5, 5.41) is 19.9. The zero-order chi connectivity index (χ0) is 20.1. The number of hydrogen-bond acceptors (Lipinski definition) is 5. The first-order valence-electron chi connectivity index (χ1n) is 9.98. The third-order valence-electron chi connectivity index (χ3n) is 5.46. The highest BCUT2D eigenvalue weighted by Crippen LogP contribution is 2.29. The van der Waals surface area contributed by atoms with Crippen LogP contribution >= 0.6 is 0 Å². The zero-order valence-corrected chi connectivity index (χ0v) is 16.5. The fourth-order valence-electron chi connectivity index (χ4n) is 3.77. The summed E-state index contributed by atoms with van der Waals surface area (Å²) in [7, 11) is 0. The molecule has 0 saturated carbocycles. The molecule has 146 valence electrons. The van der Waals surface area contributed by atoms with Gasteiger partial charge < -0.3 is 16.0 Å². The second kappa shape index (κ2) is 8.76. The molecule has 0 radical (unpaired) electrons. The summed E-state index contributed by atoms with van der Waals surface area (Å²) in [5.74, 6) is 1.22. The van der Waals surface area contributed by atoms with Crippen LogP contribution in [0.25, 0.3) is 0 Å². The highest BCUT2D eigenvalue weighted by Gasteiger charge is 2.27. The molecular formula is C24H25N5. The van der Waals surface area contributed by atoms with Gasteiger partial charge in [0.15, 0.2) is 0 Å². The minimum Gasteiger partial charge on any atom is -0.380 e. The van der Waals surface area contributed by atoms with E-state index in [-0.39, 0.29) is 12.1 Å². The quantitative estimate of drug-likeness (QED) is 0.592. The summed E-state index contributed by atoms with van der Waals surface area (Å²) in [6, 6.07) is 24.9. The Morgan fingerprint density at radius 3 is 2.62 bits per heavy atom. The highest BCUT2D eigenvalue weighted by molar-refractivity contribution is 5.67. The van der Waals surface area contributed by atoms with E-state index in [4.69, 9.17) is 5.26 Å². The monoisotopic (exact) mass is 383 g/mol. The van der Waals surface area contributed by atoms with Crippen molar-refractivity contribution in [1.29, 1.82) is 5.26 Å². The zero-order valence-electron chi connectivity index (χ0n) is 16.5. The average molecular weight is 383 g/mol.